The lowest BCUT2D eigenvalue weighted by molar-refractivity contribution is 0.469. The van der Waals surface area contributed by atoms with Crippen molar-refractivity contribution in [2.75, 3.05) is 0 Å². The molecule has 26 heavy (non-hydrogen) atoms. The van der Waals surface area contributed by atoms with Crippen LogP contribution in [0.15, 0.2) is 29.2 Å². The Hall–Kier alpha value is -1.85. The first kappa shape index (κ1) is 20.5. The summed E-state index contributed by atoms with van der Waals surface area (Å²) in [5, 5.41) is 9.82. The molecule has 0 aliphatic carbocycles. The second-order valence-electron chi connectivity index (χ2n) is 7.15. The monoisotopic (exact) mass is 375 g/mol. The molecule has 4 nitrogen and oxygen atoms in total. The molecule has 0 radical (unpaired) electrons. The van der Waals surface area contributed by atoms with Gasteiger partial charge in [-0.3, -0.25) is 0 Å². The third kappa shape index (κ3) is 4.27. The van der Waals surface area contributed by atoms with Gasteiger partial charge >= 0.3 is 0 Å². The molecule has 2 aromatic carbocycles. The fraction of sp³-hybridized carbons (Fsp3) is 0.429. The fourth-order valence-corrected chi connectivity index (χ4v) is 5.26. The van der Waals surface area contributed by atoms with Gasteiger partial charge in [0.15, 0.2) is 0 Å². The molecule has 2 rings (SSSR count). The normalized spacial score (nSPS) is 13.0. The predicted molar refractivity (Wildman–Crippen MR) is 106 cm³/mol. The van der Waals surface area contributed by atoms with Crippen molar-refractivity contribution in [3.8, 4) is 5.75 Å². The molecule has 1 atom stereocenters. The van der Waals surface area contributed by atoms with Crippen LogP contribution in [0.3, 0.4) is 0 Å². The number of nitrogens with one attached hydrogen (secondary N) is 1. The SMILES string of the molecule is CC[C@@H](Cc1ccc(O)c(C)c1C)NS(=O)(=O)c1c(C)cc(C)cc1C. The van der Waals surface area contributed by atoms with E-state index in [1.54, 1.807) is 6.07 Å². The molecule has 2 aromatic rings. The smallest absolute Gasteiger partial charge is 0.241 e. The highest BCUT2D eigenvalue weighted by Gasteiger charge is 2.24. The van der Waals surface area contributed by atoms with Gasteiger partial charge in [0.25, 0.3) is 0 Å². The Morgan fingerprint density at radius 3 is 2.12 bits per heavy atom. The Bertz CT molecular complexity index is 894. The van der Waals surface area contributed by atoms with E-state index < -0.39 is 10.0 Å². The minimum Gasteiger partial charge on any atom is -0.508 e. The standard InChI is InChI=1S/C21H29NO3S/c1-7-19(12-18-8-9-20(23)17(6)16(18)5)22-26(24,25)21-14(3)10-13(2)11-15(21)4/h8-11,19,22-23H,7,12H2,1-6H3/t19-/m0/s1. The molecule has 0 heterocycles. The summed E-state index contributed by atoms with van der Waals surface area (Å²) in [7, 11) is -3.60. The van der Waals surface area contributed by atoms with E-state index in [-0.39, 0.29) is 11.8 Å². The molecular formula is C21H29NO3S. The summed E-state index contributed by atoms with van der Waals surface area (Å²) in [4.78, 5) is 0.375. The first-order valence-electron chi connectivity index (χ1n) is 8.95. The Labute approximate surface area is 157 Å². The zero-order valence-corrected chi connectivity index (χ0v) is 17.3. The van der Waals surface area contributed by atoms with E-state index in [0.717, 1.165) is 33.4 Å². The summed E-state index contributed by atoms with van der Waals surface area (Å²) >= 11 is 0. The van der Waals surface area contributed by atoms with Crippen LogP contribution in [0.25, 0.3) is 0 Å². The van der Waals surface area contributed by atoms with Gasteiger partial charge in [-0.1, -0.05) is 30.7 Å². The summed E-state index contributed by atoms with van der Waals surface area (Å²) in [5.74, 6) is 0.269. The molecular weight excluding hydrogens is 346 g/mol. The number of hydrogen-bond donors (Lipinski definition) is 2. The van der Waals surface area contributed by atoms with Crippen LogP contribution in [0.2, 0.25) is 0 Å². The quantitative estimate of drug-likeness (QED) is 0.794. The topological polar surface area (TPSA) is 66.4 Å². The van der Waals surface area contributed by atoms with Crippen LogP contribution in [0.4, 0.5) is 0 Å². The third-order valence-electron chi connectivity index (χ3n) is 5.03. The molecule has 2 N–H and O–H groups in total. The average molecular weight is 376 g/mol. The highest BCUT2D eigenvalue weighted by molar-refractivity contribution is 7.89. The van der Waals surface area contributed by atoms with E-state index in [2.05, 4.69) is 4.72 Å². The molecule has 5 heteroatoms. The van der Waals surface area contributed by atoms with E-state index in [0.29, 0.717) is 17.7 Å². The number of sulfonamides is 1. The lowest BCUT2D eigenvalue weighted by atomic mass is 9.96. The van der Waals surface area contributed by atoms with Crippen molar-refractivity contribution in [2.45, 2.75) is 65.3 Å². The van der Waals surface area contributed by atoms with Crippen LogP contribution in [-0.4, -0.2) is 19.6 Å². The van der Waals surface area contributed by atoms with Gasteiger partial charge in [-0.2, -0.15) is 0 Å². The van der Waals surface area contributed by atoms with Crippen molar-refractivity contribution in [2.24, 2.45) is 0 Å². The number of phenols is 1. The average Bonchev–Trinajstić information content (AvgIpc) is 2.53. The summed E-state index contributed by atoms with van der Waals surface area (Å²) < 4.78 is 28.9. The van der Waals surface area contributed by atoms with Gasteiger partial charge in [-0.25, -0.2) is 13.1 Å². The highest BCUT2D eigenvalue weighted by Crippen LogP contribution is 2.25. The lowest BCUT2D eigenvalue weighted by Crippen LogP contribution is -2.36. The van der Waals surface area contributed by atoms with Crippen LogP contribution < -0.4 is 4.72 Å². The Morgan fingerprint density at radius 1 is 1.00 bits per heavy atom. The minimum absolute atomic E-state index is 0.206. The molecule has 0 fully saturated rings. The van der Waals surface area contributed by atoms with E-state index in [1.807, 2.05) is 59.7 Å². The van der Waals surface area contributed by atoms with Crippen molar-refractivity contribution in [3.05, 3.63) is 57.6 Å². The van der Waals surface area contributed by atoms with Crippen molar-refractivity contribution in [1.82, 2.24) is 4.72 Å². The largest absolute Gasteiger partial charge is 0.508 e. The van der Waals surface area contributed by atoms with E-state index in [1.165, 1.54) is 0 Å². The van der Waals surface area contributed by atoms with Gasteiger partial charge in [-0.05, 0) is 81.3 Å². The van der Waals surface area contributed by atoms with Gasteiger partial charge in [0.1, 0.15) is 5.75 Å². The van der Waals surface area contributed by atoms with Crippen LogP contribution in [0.5, 0.6) is 5.75 Å². The molecule has 0 aromatic heterocycles. The van der Waals surface area contributed by atoms with Crippen molar-refractivity contribution in [1.29, 1.82) is 0 Å². The molecule has 0 saturated carbocycles. The highest BCUT2D eigenvalue weighted by atomic mass is 32.2. The van der Waals surface area contributed by atoms with Gasteiger partial charge < -0.3 is 5.11 Å². The summed E-state index contributed by atoms with van der Waals surface area (Å²) in [6.45, 7) is 11.4. The number of hydrogen-bond acceptors (Lipinski definition) is 3. The minimum atomic E-state index is -3.60. The van der Waals surface area contributed by atoms with Gasteiger partial charge in [0, 0.05) is 6.04 Å². The van der Waals surface area contributed by atoms with E-state index in [9.17, 15) is 13.5 Å². The van der Waals surface area contributed by atoms with Crippen molar-refractivity contribution < 1.29 is 13.5 Å². The third-order valence-corrected chi connectivity index (χ3v) is 6.85. The number of aryl methyl sites for hydroxylation is 3. The van der Waals surface area contributed by atoms with E-state index >= 15 is 0 Å². The maximum absolute atomic E-state index is 13.0. The van der Waals surface area contributed by atoms with Crippen LogP contribution in [0, 0.1) is 34.6 Å². The second-order valence-corrected chi connectivity index (χ2v) is 8.80. The number of aromatic hydroxyl groups is 1. The zero-order chi connectivity index (χ0) is 19.6. The van der Waals surface area contributed by atoms with Gasteiger partial charge in [0.2, 0.25) is 10.0 Å². The lowest BCUT2D eigenvalue weighted by Gasteiger charge is -2.21. The molecule has 0 saturated heterocycles. The van der Waals surface area contributed by atoms with Gasteiger partial charge in [0.05, 0.1) is 4.90 Å². The van der Waals surface area contributed by atoms with Crippen molar-refractivity contribution >= 4 is 10.0 Å². The summed E-state index contributed by atoms with van der Waals surface area (Å²) in [6.07, 6.45) is 1.27. The van der Waals surface area contributed by atoms with Crippen molar-refractivity contribution in [3.63, 3.8) is 0 Å². The molecule has 0 aliphatic heterocycles. The predicted octanol–water partition coefficient (Wildman–Crippen LogP) is 4.23. The maximum atomic E-state index is 13.0. The molecule has 0 spiro atoms. The van der Waals surface area contributed by atoms with Crippen LogP contribution in [-0.2, 0) is 16.4 Å². The number of phenolic OH excluding ortho intramolecular Hbond substituents is 1. The first-order chi connectivity index (χ1) is 12.1. The molecule has 0 unspecified atom stereocenters. The summed E-state index contributed by atoms with van der Waals surface area (Å²) in [5.41, 5.74) is 5.48. The first-order valence-corrected chi connectivity index (χ1v) is 10.4. The molecule has 142 valence electrons. The second kappa shape index (κ2) is 7.80. The Balaban J connectivity index is 2.32. The molecule has 0 bridgehead atoms. The van der Waals surface area contributed by atoms with Crippen LogP contribution in [0.1, 0.15) is 46.7 Å². The maximum Gasteiger partial charge on any atom is 0.241 e. The summed E-state index contributed by atoms with van der Waals surface area (Å²) in [6, 6.07) is 7.14. The fourth-order valence-electron chi connectivity index (χ4n) is 3.49. The number of rotatable bonds is 6. The van der Waals surface area contributed by atoms with E-state index in [4.69, 9.17) is 0 Å². The Kier molecular flexibility index (Phi) is 6.14. The van der Waals surface area contributed by atoms with Crippen LogP contribution >= 0.6 is 0 Å². The molecule has 0 aliphatic rings. The van der Waals surface area contributed by atoms with Gasteiger partial charge in [-0.15, -0.1) is 0 Å². The Morgan fingerprint density at radius 2 is 1.58 bits per heavy atom. The zero-order valence-electron chi connectivity index (χ0n) is 16.5. The number of benzene rings is 2. The molecule has 0 amide bonds.